The molecule has 0 radical (unpaired) electrons. The largest absolute Gasteiger partial charge is 0.487 e. The van der Waals surface area contributed by atoms with Crippen molar-refractivity contribution in [1.29, 1.82) is 0 Å². The summed E-state index contributed by atoms with van der Waals surface area (Å²) in [7, 11) is 0. The number of aryl methyl sites for hydroxylation is 1. The highest BCUT2D eigenvalue weighted by Gasteiger charge is 2.18. The Kier molecular flexibility index (Phi) is 5.06. The third kappa shape index (κ3) is 4.11. The van der Waals surface area contributed by atoms with E-state index in [2.05, 4.69) is 41.2 Å². The summed E-state index contributed by atoms with van der Waals surface area (Å²) in [6.07, 6.45) is 8.12. The molecule has 0 saturated heterocycles. The Morgan fingerprint density at radius 3 is 2.70 bits per heavy atom. The van der Waals surface area contributed by atoms with E-state index in [-0.39, 0.29) is 0 Å². The minimum Gasteiger partial charge on any atom is -0.487 e. The molecule has 3 aromatic rings. The van der Waals surface area contributed by atoms with Crippen LogP contribution in [0.4, 0.5) is 0 Å². The molecule has 0 unspecified atom stereocenters. The van der Waals surface area contributed by atoms with Crippen molar-refractivity contribution in [3.8, 4) is 0 Å². The molecule has 136 valence electrons. The summed E-state index contributed by atoms with van der Waals surface area (Å²) < 4.78 is 6.11. The number of allylic oxidation sites excluding steroid dienone is 1. The van der Waals surface area contributed by atoms with Gasteiger partial charge >= 0.3 is 0 Å². The predicted octanol–water partition coefficient (Wildman–Crippen LogP) is 5.24. The fraction of sp³-hybridized carbons (Fsp3) is 0.174. The minimum atomic E-state index is 0.517. The fourth-order valence-electron chi connectivity index (χ4n) is 3.10. The zero-order valence-corrected chi connectivity index (χ0v) is 15.4. The molecule has 0 fully saturated rings. The highest BCUT2D eigenvalue weighted by Crippen LogP contribution is 2.26. The number of aliphatic imine (C=N–C) groups is 1. The molecule has 0 aliphatic carbocycles. The first-order chi connectivity index (χ1) is 13.3. The van der Waals surface area contributed by atoms with E-state index in [4.69, 9.17) is 9.73 Å². The first-order valence-electron chi connectivity index (χ1n) is 9.32. The van der Waals surface area contributed by atoms with Crippen molar-refractivity contribution in [2.75, 3.05) is 0 Å². The third-order valence-corrected chi connectivity index (χ3v) is 4.45. The molecule has 0 amide bonds. The Balaban J connectivity index is 1.59. The van der Waals surface area contributed by atoms with E-state index in [0.717, 1.165) is 47.0 Å². The first-order valence-corrected chi connectivity index (χ1v) is 9.32. The van der Waals surface area contributed by atoms with Crippen LogP contribution in [0.2, 0.25) is 0 Å². The summed E-state index contributed by atoms with van der Waals surface area (Å²) in [5.74, 6) is 0.787. The van der Waals surface area contributed by atoms with E-state index in [1.54, 1.807) is 0 Å². The van der Waals surface area contributed by atoms with Gasteiger partial charge in [-0.15, -0.1) is 0 Å². The molecule has 2 N–H and O–H groups in total. The summed E-state index contributed by atoms with van der Waals surface area (Å²) >= 11 is 0. The van der Waals surface area contributed by atoms with Crippen LogP contribution < -0.4 is 0 Å². The maximum absolute atomic E-state index is 6.11. The van der Waals surface area contributed by atoms with Crippen LogP contribution in [0.5, 0.6) is 0 Å². The SMILES string of the molecule is CCCc1ccc(/C=C2\N=C(c3ccc[nH]3)C=C2OCc2ccccc2)[nH]1. The van der Waals surface area contributed by atoms with E-state index in [1.807, 2.05) is 48.7 Å². The number of rotatable bonds is 7. The lowest BCUT2D eigenvalue weighted by atomic mass is 10.2. The minimum absolute atomic E-state index is 0.517. The van der Waals surface area contributed by atoms with Gasteiger partial charge in [-0.1, -0.05) is 43.7 Å². The van der Waals surface area contributed by atoms with Crippen LogP contribution in [0.25, 0.3) is 6.08 Å². The van der Waals surface area contributed by atoms with Crippen LogP contribution in [0.15, 0.2) is 83.3 Å². The second-order valence-corrected chi connectivity index (χ2v) is 6.58. The Morgan fingerprint density at radius 2 is 1.93 bits per heavy atom. The average Bonchev–Trinajstić information content (AvgIpc) is 3.43. The molecule has 0 atom stereocenters. The maximum atomic E-state index is 6.11. The smallest absolute Gasteiger partial charge is 0.147 e. The molecule has 1 aromatic carbocycles. The standard InChI is InChI=1S/C23H23N3O/c1-2-7-18-11-12-19(25-18)14-22-23(27-16-17-8-4-3-5-9-17)15-21(26-22)20-10-6-13-24-20/h3-6,8-15,24-25H,2,7,16H2,1H3/b22-14-. The lowest BCUT2D eigenvalue weighted by Gasteiger charge is -2.07. The van der Waals surface area contributed by atoms with Gasteiger partial charge < -0.3 is 14.7 Å². The van der Waals surface area contributed by atoms with E-state index >= 15 is 0 Å². The molecule has 0 bridgehead atoms. The predicted molar refractivity (Wildman–Crippen MR) is 109 cm³/mol. The number of nitrogens with zero attached hydrogens (tertiary/aromatic N) is 1. The number of nitrogens with one attached hydrogen (secondary N) is 2. The van der Waals surface area contributed by atoms with Gasteiger partial charge in [-0.05, 0) is 42.3 Å². The Hall–Kier alpha value is -3.27. The number of hydrogen-bond acceptors (Lipinski definition) is 2. The van der Waals surface area contributed by atoms with Gasteiger partial charge in [0.1, 0.15) is 18.1 Å². The number of aromatic amines is 2. The highest BCUT2D eigenvalue weighted by molar-refractivity contribution is 6.11. The van der Waals surface area contributed by atoms with Gasteiger partial charge in [0, 0.05) is 23.7 Å². The van der Waals surface area contributed by atoms with Crippen molar-refractivity contribution < 1.29 is 4.74 Å². The summed E-state index contributed by atoms with van der Waals surface area (Å²) in [6.45, 7) is 2.70. The van der Waals surface area contributed by atoms with E-state index in [9.17, 15) is 0 Å². The van der Waals surface area contributed by atoms with Crippen LogP contribution >= 0.6 is 0 Å². The number of H-pyrrole nitrogens is 2. The van der Waals surface area contributed by atoms with Crippen molar-refractivity contribution >= 4 is 11.8 Å². The molecule has 2 aromatic heterocycles. The summed E-state index contributed by atoms with van der Waals surface area (Å²) in [4.78, 5) is 11.4. The quantitative estimate of drug-likeness (QED) is 0.597. The summed E-state index contributed by atoms with van der Waals surface area (Å²) in [5.41, 5.74) is 6.12. The van der Waals surface area contributed by atoms with Crippen molar-refractivity contribution in [1.82, 2.24) is 9.97 Å². The average molecular weight is 357 g/mol. The van der Waals surface area contributed by atoms with E-state index in [1.165, 1.54) is 5.69 Å². The fourth-order valence-corrected chi connectivity index (χ4v) is 3.10. The van der Waals surface area contributed by atoms with Gasteiger partial charge in [0.2, 0.25) is 0 Å². The Labute approximate surface area is 159 Å². The molecule has 0 saturated carbocycles. The highest BCUT2D eigenvalue weighted by atomic mass is 16.5. The van der Waals surface area contributed by atoms with Crippen LogP contribution in [0, 0.1) is 0 Å². The topological polar surface area (TPSA) is 53.2 Å². The molecular formula is C23H23N3O. The summed E-state index contributed by atoms with van der Waals surface area (Å²) in [6, 6.07) is 18.4. The zero-order chi connectivity index (χ0) is 18.5. The summed E-state index contributed by atoms with van der Waals surface area (Å²) in [5, 5.41) is 0. The number of hydrogen-bond donors (Lipinski definition) is 2. The van der Waals surface area contributed by atoms with Gasteiger partial charge in [0.15, 0.2) is 0 Å². The van der Waals surface area contributed by atoms with Gasteiger partial charge in [-0.3, -0.25) is 0 Å². The van der Waals surface area contributed by atoms with Gasteiger partial charge in [0.05, 0.1) is 11.4 Å². The monoisotopic (exact) mass is 357 g/mol. The van der Waals surface area contributed by atoms with Crippen LogP contribution in [-0.2, 0) is 17.8 Å². The Bertz CT molecular complexity index is 976. The second kappa shape index (κ2) is 7.96. The Morgan fingerprint density at radius 1 is 1.04 bits per heavy atom. The molecule has 1 aliphatic rings. The second-order valence-electron chi connectivity index (χ2n) is 6.58. The zero-order valence-electron chi connectivity index (χ0n) is 15.4. The number of benzene rings is 1. The van der Waals surface area contributed by atoms with Gasteiger partial charge in [-0.25, -0.2) is 4.99 Å². The van der Waals surface area contributed by atoms with Crippen molar-refractivity contribution in [2.24, 2.45) is 4.99 Å². The maximum Gasteiger partial charge on any atom is 0.147 e. The van der Waals surface area contributed by atoms with Gasteiger partial charge in [0.25, 0.3) is 0 Å². The lowest BCUT2D eigenvalue weighted by molar-refractivity contribution is 0.208. The lowest BCUT2D eigenvalue weighted by Crippen LogP contribution is -1.95. The molecule has 27 heavy (non-hydrogen) atoms. The normalized spacial score (nSPS) is 15.1. The molecule has 0 spiro atoms. The number of ether oxygens (including phenoxy) is 1. The van der Waals surface area contributed by atoms with Crippen molar-refractivity contribution in [3.05, 3.63) is 101 Å². The molecule has 1 aliphatic heterocycles. The van der Waals surface area contributed by atoms with Gasteiger partial charge in [-0.2, -0.15) is 0 Å². The van der Waals surface area contributed by atoms with Crippen LogP contribution in [-0.4, -0.2) is 15.7 Å². The van der Waals surface area contributed by atoms with Crippen molar-refractivity contribution in [3.63, 3.8) is 0 Å². The molecule has 4 rings (SSSR count). The molecule has 4 nitrogen and oxygen atoms in total. The van der Waals surface area contributed by atoms with Crippen LogP contribution in [0.3, 0.4) is 0 Å². The first kappa shape index (κ1) is 17.2. The molecule has 3 heterocycles. The van der Waals surface area contributed by atoms with Crippen LogP contribution in [0.1, 0.15) is 36.0 Å². The van der Waals surface area contributed by atoms with E-state index in [0.29, 0.717) is 6.61 Å². The van der Waals surface area contributed by atoms with E-state index < -0.39 is 0 Å². The molecule has 4 heteroatoms. The van der Waals surface area contributed by atoms with Crippen molar-refractivity contribution in [2.45, 2.75) is 26.4 Å². The third-order valence-electron chi connectivity index (χ3n) is 4.45. The molecular weight excluding hydrogens is 334 g/mol. The number of aromatic nitrogens is 2.